The summed E-state index contributed by atoms with van der Waals surface area (Å²) in [6, 6.07) is 14.4. The van der Waals surface area contributed by atoms with Crippen LogP contribution in [0.1, 0.15) is 42.1 Å². The maximum atomic E-state index is 12.6. The average Bonchev–Trinajstić information content (AvgIpc) is 3.34. The molecule has 4 aromatic rings. The number of nitrogen functional groups attached to an aromatic ring is 1. The summed E-state index contributed by atoms with van der Waals surface area (Å²) in [6.45, 7) is 0.613. The number of amides is 1. The number of imidazole rings is 1. The number of fused-ring (bicyclic) bond motifs is 2. The predicted octanol–water partition coefficient (Wildman–Crippen LogP) is 4.54. The van der Waals surface area contributed by atoms with Crippen molar-refractivity contribution in [2.24, 2.45) is 0 Å². The number of nitrogens with zero attached hydrogens (tertiary/aromatic N) is 4. The lowest BCUT2D eigenvalue weighted by Crippen LogP contribution is -2.47. The van der Waals surface area contributed by atoms with Crippen LogP contribution in [0.4, 0.5) is 5.82 Å². The van der Waals surface area contributed by atoms with E-state index >= 15 is 0 Å². The first kappa shape index (κ1) is 24.2. The number of rotatable bonds is 4. The number of piperidine rings is 1. The van der Waals surface area contributed by atoms with Crippen molar-refractivity contribution in [3.05, 3.63) is 95.1 Å². The molecular formula is C30H26ClN5O2. The average molecular weight is 524 g/mol. The van der Waals surface area contributed by atoms with Gasteiger partial charge in [-0.15, -0.1) is 6.42 Å². The minimum atomic E-state index is -1.64. The molecule has 4 heterocycles. The van der Waals surface area contributed by atoms with Gasteiger partial charge in [0.2, 0.25) is 5.91 Å². The number of aliphatic hydroxyl groups is 1. The van der Waals surface area contributed by atoms with Crippen LogP contribution in [-0.4, -0.2) is 42.9 Å². The quantitative estimate of drug-likeness (QED) is 0.302. The van der Waals surface area contributed by atoms with Gasteiger partial charge in [-0.3, -0.25) is 9.20 Å². The number of halogens is 1. The number of nitrogens with two attached hydrogens (primary N) is 1. The van der Waals surface area contributed by atoms with E-state index in [0.717, 1.165) is 24.2 Å². The Morgan fingerprint density at radius 2 is 1.97 bits per heavy atom. The van der Waals surface area contributed by atoms with Crippen molar-refractivity contribution >= 4 is 28.8 Å². The molecule has 0 unspecified atom stereocenters. The molecule has 2 aromatic heterocycles. The van der Waals surface area contributed by atoms with Crippen LogP contribution in [0, 0.1) is 12.3 Å². The van der Waals surface area contributed by atoms with Crippen LogP contribution in [0.15, 0.2) is 73.1 Å². The van der Waals surface area contributed by atoms with Gasteiger partial charge in [-0.2, -0.15) is 0 Å². The number of carbonyl (C=O) groups is 1. The van der Waals surface area contributed by atoms with Crippen molar-refractivity contribution in [1.29, 1.82) is 0 Å². The van der Waals surface area contributed by atoms with Crippen molar-refractivity contribution in [2.45, 2.75) is 36.8 Å². The van der Waals surface area contributed by atoms with Gasteiger partial charge in [-0.1, -0.05) is 66.1 Å². The molecule has 38 heavy (non-hydrogen) atoms. The Labute approximate surface area is 225 Å². The summed E-state index contributed by atoms with van der Waals surface area (Å²) < 4.78 is 1.99. The van der Waals surface area contributed by atoms with Gasteiger partial charge < -0.3 is 15.7 Å². The molecule has 8 heteroatoms. The summed E-state index contributed by atoms with van der Waals surface area (Å²) in [4.78, 5) is 23.9. The Morgan fingerprint density at radius 3 is 2.74 bits per heavy atom. The standard InChI is InChI=1S/C30H26ClN5O2/c1-2-30(38,22-5-3-6-23(31)17-22)21-12-9-19(10-13-21)26-27-28(32)33-15-16-35(27)29(34-26)20-11-14-24-7-4-8-25(37)36(24)18-20/h1,3-7,9-10,12-13,15-17,20,24,38H,8,11,14,18H2,(H2,32,33)/t20-,24-,30+/m1/s1. The molecule has 0 radical (unpaired) electrons. The fraction of sp³-hybridized carbons (Fsp3) is 0.233. The zero-order valence-electron chi connectivity index (χ0n) is 20.6. The second kappa shape index (κ2) is 9.32. The normalized spacial score (nSPS) is 20.7. The van der Waals surface area contributed by atoms with E-state index in [1.54, 1.807) is 42.6 Å². The monoisotopic (exact) mass is 523 g/mol. The lowest BCUT2D eigenvalue weighted by molar-refractivity contribution is -0.133. The zero-order chi connectivity index (χ0) is 26.4. The van der Waals surface area contributed by atoms with Crippen LogP contribution in [-0.2, 0) is 10.4 Å². The molecule has 0 saturated carbocycles. The van der Waals surface area contributed by atoms with Gasteiger partial charge in [-0.25, -0.2) is 9.97 Å². The Morgan fingerprint density at radius 1 is 1.16 bits per heavy atom. The molecule has 6 rings (SSSR count). The van der Waals surface area contributed by atoms with Gasteiger partial charge in [0, 0.05) is 53.0 Å². The van der Waals surface area contributed by atoms with E-state index in [1.807, 2.05) is 33.7 Å². The Bertz CT molecular complexity index is 1620. The molecule has 0 spiro atoms. The topological polar surface area (TPSA) is 96.8 Å². The summed E-state index contributed by atoms with van der Waals surface area (Å²) in [7, 11) is 0. The molecule has 0 aliphatic carbocycles. The number of carbonyl (C=O) groups excluding carboxylic acids is 1. The van der Waals surface area contributed by atoms with E-state index in [0.29, 0.717) is 46.1 Å². The van der Waals surface area contributed by atoms with Crippen LogP contribution in [0.2, 0.25) is 5.02 Å². The highest BCUT2D eigenvalue weighted by Crippen LogP contribution is 2.37. The Kier molecular flexibility index (Phi) is 5.94. The van der Waals surface area contributed by atoms with Gasteiger partial charge in [-0.05, 0) is 25.0 Å². The molecular weight excluding hydrogens is 498 g/mol. The molecule has 1 fully saturated rings. The third-order valence-electron chi connectivity index (χ3n) is 7.60. The van der Waals surface area contributed by atoms with Gasteiger partial charge in [0.25, 0.3) is 0 Å². The van der Waals surface area contributed by atoms with Gasteiger partial charge >= 0.3 is 0 Å². The minimum Gasteiger partial charge on any atom is -0.382 e. The molecule has 0 bridgehead atoms. The first-order valence-electron chi connectivity index (χ1n) is 12.5. The molecule has 190 valence electrons. The van der Waals surface area contributed by atoms with Crippen molar-refractivity contribution in [3.63, 3.8) is 0 Å². The Hall–Kier alpha value is -4.12. The van der Waals surface area contributed by atoms with Crippen LogP contribution < -0.4 is 5.73 Å². The van der Waals surface area contributed by atoms with Crippen molar-refractivity contribution < 1.29 is 9.90 Å². The molecule has 3 N–H and O–H groups in total. The molecule has 7 nitrogen and oxygen atoms in total. The minimum absolute atomic E-state index is 0.0679. The fourth-order valence-corrected chi connectivity index (χ4v) is 5.82. The van der Waals surface area contributed by atoms with Crippen LogP contribution in [0.25, 0.3) is 16.8 Å². The molecule has 1 saturated heterocycles. The lowest BCUT2D eigenvalue weighted by Gasteiger charge is -2.39. The highest BCUT2D eigenvalue weighted by atomic mass is 35.5. The van der Waals surface area contributed by atoms with E-state index in [9.17, 15) is 9.90 Å². The largest absolute Gasteiger partial charge is 0.382 e. The van der Waals surface area contributed by atoms with E-state index in [-0.39, 0.29) is 17.9 Å². The van der Waals surface area contributed by atoms with Gasteiger partial charge in [0.1, 0.15) is 22.9 Å². The second-order valence-electron chi connectivity index (χ2n) is 9.81. The van der Waals surface area contributed by atoms with Gasteiger partial charge in [0.15, 0.2) is 5.60 Å². The molecule has 2 aromatic carbocycles. The predicted molar refractivity (Wildman–Crippen MR) is 147 cm³/mol. The fourth-order valence-electron chi connectivity index (χ4n) is 5.63. The first-order chi connectivity index (χ1) is 18.4. The zero-order valence-corrected chi connectivity index (χ0v) is 21.3. The maximum Gasteiger partial charge on any atom is 0.226 e. The van der Waals surface area contributed by atoms with Crippen molar-refractivity contribution in [2.75, 3.05) is 12.3 Å². The van der Waals surface area contributed by atoms with Crippen LogP contribution >= 0.6 is 11.6 Å². The van der Waals surface area contributed by atoms with Crippen LogP contribution in [0.5, 0.6) is 0 Å². The highest BCUT2D eigenvalue weighted by molar-refractivity contribution is 6.30. The third kappa shape index (κ3) is 3.94. The van der Waals surface area contributed by atoms with E-state index in [1.165, 1.54) is 0 Å². The third-order valence-corrected chi connectivity index (χ3v) is 7.84. The summed E-state index contributed by atoms with van der Waals surface area (Å²) >= 11 is 6.15. The van der Waals surface area contributed by atoms with E-state index in [4.69, 9.17) is 28.7 Å². The summed E-state index contributed by atoms with van der Waals surface area (Å²) in [5.74, 6) is 3.97. The molecule has 2 aliphatic rings. The van der Waals surface area contributed by atoms with Gasteiger partial charge in [0.05, 0.1) is 6.04 Å². The maximum absolute atomic E-state index is 12.6. The highest BCUT2D eigenvalue weighted by Gasteiger charge is 2.35. The smallest absolute Gasteiger partial charge is 0.226 e. The number of hydrogen-bond acceptors (Lipinski definition) is 5. The molecule has 2 aliphatic heterocycles. The van der Waals surface area contributed by atoms with Crippen molar-refractivity contribution in [3.8, 4) is 23.6 Å². The van der Waals surface area contributed by atoms with E-state index in [2.05, 4.69) is 17.0 Å². The number of terminal acetylenes is 1. The lowest BCUT2D eigenvalue weighted by atomic mass is 9.86. The van der Waals surface area contributed by atoms with E-state index < -0.39 is 5.60 Å². The number of hydrogen-bond donors (Lipinski definition) is 2. The number of aromatic nitrogens is 3. The Balaban J connectivity index is 1.39. The second-order valence-corrected chi connectivity index (χ2v) is 10.2. The summed E-state index contributed by atoms with van der Waals surface area (Å²) in [5.41, 5.74) is 7.98. The van der Waals surface area contributed by atoms with Crippen LogP contribution in [0.3, 0.4) is 0 Å². The molecule has 3 atom stereocenters. The number of benzene rings is 2. The SMILES string of the molecule is C#C[C@](O)(c1ccc(-c2nc([C@@H]3CC[C@H]4C=CCC(=O)N4C3)n3ccnc(N)c23)cc1)c1cccc(Cl)c1. The van der Waals surface area contributed by atoms with Crippen molar-refractivity contribution in [1.82, 2.24) is 19.3 Å². The summed E-state index contributed by atoms with van der Waals surface area (Å²) in [5, 5.41) is 11.9. The first-order valence-corrected chi connectivity index (χ1v) is 12.9. The number of anilines is 1. The molecule has 1 amide bonds. The summed E-state index contributed by atoms with van der Waals surface area (Å²) in [6.07, 6.45) is 15.7.